The van der Waals surface area contributed by atoms with Crippen molar-refractivity contribution in [2.45, 2.75) is 36.4 Å². The topological polar surface area (TPSA) is 79.5 Å². The Kier molecular flexibility index (Phi) is 6.10. The molecule has 0 aliphatic heterocycles. The molecule has 0 saturated heterocycles. The molecule has 31 heavy (non-hydrogen) atoms. The number of halogens is 3. The number of amides is 2. The van der Waals surface area contributed by atoms with Gasteiger partial charge in [-0.05, 0) is 56.1 Å². The number of carbonyl (C=O) groups excluding carboxylic acids is 2. The number of rotatable bonds is 8. The van der Waals surface area contributed by atoms with Crippen molar-refractivity contribution in [3.8, 4) is 5.75 Å². The Bertz CT molecular complexity index is 993. The summed E-state index contributed by atoms with van der Waals surface area (Å²) in [6.07, 6.45) is 2.13. The summed E-state index contributed by atoms with van der Waals surface area (Å²) in [5, 5.41) is 10.6. The molecule has 2 aromatic carbocycles. The van der Waals surface area contributed by atoms with E-state index >= 15 is 0 Å². The molecule has 0 spiro atoms. The van der Waals surface area contributed by atoms with Crippen LogP contribution in [0.15, 0.2) is 42.5 Å². The van der Waals surface area contributed by atoms with Crippen molar-refractivity contribution in [3.05, 3.63) is 63.1 Å². The van der Waals surface area contributed by atoms with E-state index in [1.54, 1.807) is 37.4 Å². The van der Waals surface area contributed by atoms with Crippen molar-refractivity contribution in [3.63, 3.8) is 0 Å². The third-order valence-corrected chi connectivity index (χ3v) is 6.83. The third-order valence-electron chi connectivity index (χ3n) is 5.84. The highest BCUT2D eigenvalue weighted by Crippen LogP contribution is 2.60. The molecule has 6 nitrogen and oxygen atoms in total. The first kappa shape index (κ1) is 22.2. The van der Waals surface area contributed by atoms with E-state index in [1.165, 1.54) is 0 Å². The largest absolute Gasteiger partial charge is 0.484 e. The average Bonchev–Trinajstić information content (AvgIpc) is 2.68. The summed E-state index contributed by atoms with van der Waals surface area (Å²) in [6.45, 7) is -0.114. The highest BCUT2D eigenvalue weighted by Gasteiger charge is 2.69. The molecule has 0 heterocycles. The number of hydrogen-bond acceptors (Lipinski definition) is 4. The summed E-state index contributed by atoms with van der Waals surface area (Å²) < 4.78 is 5.49. The van der Waals surface area contributed by atoms with Crippen LogP contribution in [0.25, 0.3) is 0 Å². The summed E-state index contributed by atoms with van der Waals surface area (Å²) >= 11 is 17.8. The first-order valence-electron chi connectivity index (χ1n) is 9.87. The average molecular weight is 483 g/mol. The first-order valence-corrected chi connectivity index (χ1v) is 11.0. The van der Waals surface area contributed by atoms with Crippen LogP contribution in [0.4, 0.5) is 0 Å². The third kappa shape index (κ3) is 4.62. The lowest BCUT2D eigenvalue weighted by Gasteiger charge is -2.70. The fourth-order valence-corrected chi connectivity index (χ4v) is 4.95. The first-order chi connectivity index (χ1) is 14.7. The Morgan fingerprint density at radius 3 is 2.23 bits per heavy atom. The Morgan fingerprint density at radius 2 is 1.61 bits per heavy atom. The number of likely N-dealkylation sites (N-methyl/N-ethyl adjacent to an activating group) is 1. The molecule has 2 aromatic rings. The molecule has 3 N–H and O–H groups in total. The van der Waals surface area contributed by atoms with Crippen molar-refractivity contribution in [1.29, 1.82) is 0 Å². The van der Waals surface area contributed by atoms with Crippen molar-refractivity contribution >= 4 is 46.6 Å². The predicted molar refractivity (Wildman–Crippen MR) is 121 cm³/mol. The quantitative estimate of drug-likeness (QED) is 0.533. The minimum Gasteiger partial charge on any atom is -0.484 e. The van der Waals surface area contributed by atoms with E-state index in [-0.39, 0.29) is 29.5 Å². The highest BCUT2D eigenvalue weighted by molar-refractivity contribution is 6.42. The van der Waals surface area contributed by atoms with Crippen molar-refractivity contribution in [2.75, 3.05) is 13.7 Å². The van der Waals surface area contributed by atoms with E-state index in [4.69, 9.17) is 39.5 Å². The van der Waals surface area contributed by atoms with Gasteiger partial charge in [-0.15, -0.1) is 0 Å². The molecule has 3 saturated carbocycles. The van der Waals surface area contributed by atoms with Gasteiger partial charge in [0.2, 0.25) is 5.91 Å². The van der Waals surface area contributed by atoms with E-state index < -0.39 is 6.04 Å². The maximum atomic E-state index is 12.8. The van der Waals surface area contributed by atoms with Gasteiger partial charge in [0.25, 0.3) is 5.91 Å². The van der Waals surface area contributed by atoms with Gasteiger partial charge in [0.15, 0.2) is 6.61 Å². The van der Waals surface area contributed by atoms with Crippen LogP contribution < -0.4 is 20.7 Å². The SMILES string of the molecule is CNC(C(=O)NC12CC(NC(=O)COc3ccc(Cl)c(Cl)c3)(C1)C2)c1ccc(Cl)cc1. The summed E-state index contributed by atoms with van der Waals surface area (Å²) in [6, 6.07) is 11.6. The molecule has 3 fully saturated rings. The molecule has 2 amide bonds. The Balaban J connectivity index is 1.25. The van der Waals surface area contributed by atoms with Gasteiger partial charge in [-0.3, -0.25) is 9.59 Å². The highest BCUT2D eigenvalue weighted by atomic mass is 35.5. The molecule has 5 rings (SSSR count). The zero-order chi connectivity index (χ0) is 22.2. The van der Waals surface area contributed by atoms with Crippen LogP contribution in [0.3, 0.4) is 0 Å². The minimum atomic E-state index is -0.462. The molecule has 3 aliphatic rings. The molecular formula is C22H22Cl3N3O3. The normalized spacial score (nSPS) is 24.4. The zero-order valence-electron chi connectivity index (χ0n) is 16.8. The number of benzene rings is 2. The fourth-order valence-electron chi connectivity index (χ4n) is 4.54. The second kappa shape index (κ2) is 8.51. The van der Waals surface area contributed by atoms with Gasteiger partial charge in [0, 0.05) is 22.2 Å². The van der Waals surface area contributed by atoms with Gasteiger partial charge in [0.1, 0.15) is 11.8 Å². The summed E-state index contributed by atoms with van der Waals surface area (Å²) in [5.74, 6) is 0.179. The van der Waals surface area contributed by atoms with Gasteiger partial charge in [-0.1, -0.05) is 46.9 Å². The molecule has 1 atom stereocenters. The van der Waals surface area contributed by atoms with Crippen molar-refractivity contribution in [2.24, 2.45) is 0 Å². The standard InChI is InChI=1S/C22H22Cl3N3O3/c1-26-19(13-2-4-14(23)5-3-13)20(30)28-22-10-21(11-22,12-22)27-18(29)9-31-15-6-7-16(24)17(25)8-15/h2-8,19,26H,9-12H2,1H3,(H,27,29)(H,28,30). The van der Waals surface area contributed by atoms with Gasteiger partial charge in [0.05, 0.1) is 10.0 Å². The van der Waals surface area contributed by atoms with Crippen LogP contribution >= 0.6 is 34.8 Å². The van der Waals surface area contributed by atoms with Crippen molar-refractivity contribution < 1.29 is 14.3 Å². The second-order valence-electron chi connectivity index (χ2n) is 8.27. The van der Waals surface area contributed by atoms with Crippen LogP contribution in [-0.4, -0.2) is 36.5 Å². The van der Waals surface area contributed by atoms with Crippen LogP contribution in [0.5, 0.6) is 5.75 Å². The monoisotopic (exact) mass is 481 g/mol. The van der Waals surface area contributed by atoms with Crippen molar-refractivity contribution in [1.82, 2.24) is 16.0 Å². The molecule has 2 bridgehead atoms. The lowest BCUT2D eigenvalue weighted by atomic mass is 9.44. The second-order valence-corrected chi connectivity index (χ2v) is 9.52. The van der Waals surface area contributed by atoms with Gasteiger partial charge >= 0.3 is 0 Å². The zero-order valence-corrected chi connectivity index (χ0v) is 19.1. The number of ether oxygens (including phenoxy) is 1. The van der Waals surface area contributed by atoms with E-state index in [2.05, 4.69) is 16.0 Å². The summed E-state index contributed by atoms with van der Waals surface area (Å²) in [7, 11) is 1.75. The molecular weight excluding hydrogens is 461 g/mol. The summed E-state index contributed by atoms with van der Waals surface area (Å²) in [5.41, 5.74) is 0.329. The van der Waals surface area contributed by atoms with Crippen LogP contribution in [0, 0.1) is 0 Å². The van der Waals surface area contributed by atoms with Crippen LogP contribution in [0.2, 0.25) is 15.1 Å². The van der Waals surface area contributed by atoms with Gasteiger partial charge in [-0.25, -0.2) is 0 Å². The van der Waals surface area contributed by atoms with E-state index in [0.29, 0.717) is 40.1 Å². The Labute approximate surface area is 195 Å². The molecule has 3 aliphatic carbocycles. The smallest absolute Gasteiger partial charge is 0.258 e. The predicted octanol–water partition coefficient (Wildman–Crippen LogP) is 3.89. The molecule has 1 unspecified atom stereocenters. The Morgan fingerprint density at radius 1 is 0.968 bits per heavy atom. The van der Waals surface area contributed by atoms with Gasteiger partial charge < -0.3 is 20.7 Å². The maximum Gasteiger partial charge on any atom is 0.258 e. The van der Waals surface area contributed by atoms with E-state index in [1.807, 2.05) is 12.1 Å². The minimum absolute atomic E-state index is 0.0904. The molecule has 164 valence electrons. The van der Waals surface area contributed by atoms with Gasteiger partial charge in [-0.2, -0.15) is 0 Å². The van der Waals surface area contributed by atoms with E-state index in [0.717, 1.165) is 5.56 Å². The lowest BCUT2D eigenvalue weighted by Crippen LogP contribution is -2.84. The lowest BCUT2D eigenvalue weighted by molar-refractivity contribution is -0.151. The Hall–Kier alpha value is -1.99. The van der Waals surface area contributed by atoms with Crippen LogP contribution in [-0.2, 0) is 9.59 Å². The van der Waals surface area contributed by atoms with E-state index in [9.17, 15) is 9.59 Å². The molecule has 9 heteroatoms. The van der Waals surface area contributed by atoms with Crippen LogP contribution in [0.1, 0.15) is 30.9 Å². The molecule has 0 aromatic heterocycles. The summed E-state index contributed by atoms with van der Waals surface area (Å²) in [4.78, 5) is 25.1. The number of nitrogens with one attached hydrogen (secondary N) is 3. The maximum absolute atomic E-state index is 12.8. The number of hydrogen-bond donors (Lipinski definition) is 3. The number of carbonyl (C=O) groups is 2. The molecule has 0 radical (unpaired) electrons. The fraction of sp³-hybridized carbons (Fsp3) is 0.364.